The second-order valence-corrected chi connectivity index (χ2v) is 8.11. The molecule has 6 heteroatoms. The Hall–Kier alpha value is -2.60. The lowest BCUT2D eigenvalue weighted by Crippen LogP contribution is -2.46. The minimum Gasteiger partial charge on any atom is -0.374 e. The molecule has 1 aliphatic rings. The molecule has 2 aromatic rings. The maximum Gasteiger partial charge on any atom is 0.244 e. The summed E-state index contributed by atoms with van der Waals surface area (Å²) >= 11 is 0. The average molecular weight is 413 g/mol. The summed E-state index contributed by atoms with van der Waals surface area (Å²) in [6, 6.07) is 12.4. The fourth-order valence-corrected chi connectivity index (χ4v) is 3.94. The molecule has 0 bridgehead atoms. The van der Waals surface area contributed by atoms with Crippen molar-refractivity contribution in [2.45, 2.75) is 33.4 Å². The fraction of sp³-hybridized carbons (Fsp3) is 0.458. The van der Waals surface area contributed by atoms with Crippen molar-refractivity contribution in [3.63, 3.8) is 0 Å². The second kappa shape index (κ2) is 9.94. The number of likely N-dealkylation sites (N-methyl/N-ethyl adjacent to an activating group) is 2. The highest BCUT2D eigenvalue weighted by Crippen LogP contribution is 2.24. The zero-order valence-corrected chi connectivity index (χ0v) is 18.5. The van der Waals surface area contributed by atoms with Gasteiger partial charge in [0.25, 0.3) is 0 Å². The lowest BCUT2D eigenvalue weighted by Gasteiger charge is -2.35. The smallest absolute Gasteiger partial charge is 0.244 e. The van der Waals surface area contributed by atoms with Crippen LogP contribution in [0.5, 0.6) is 0 Å². The summed E-state index contributed by atoms with van der Waals surface area (Å²) in [5, 5.41) is 3.34. The molecule has 0 spiro atoms. The molecule has 0 aliphatic carbocycles. The highest BCUT2D eigenvalue weighted by Gasteiger charge is 2.20. The van der Waals surface area contributed by atoms with Crippen molar-refractivity contribution in [1.82, 2.24) is 9.80 Å². The molecule has 1 N–H and O–H groups in total. The Balaban J connectivity index is 1.59. The number of hydrogen-bond donors (Lipinski definition) is 1. The SMILES string of the molecule is CCN1CCN(c2ccc(NC(C)C(=O)N(C)Cc3cccc(F)c3)c(C)c2)CC1. The number of benzene rings is 2. The van der Waals surface area contributed by atoms with Crippen molar-refractivity contribution in [3.8, 4) is 0 Å². The summed E-state index contributed by atoms with van der Waals surface area (Å²) in [5.74, 6) is -0.315. The molecule has 1 aliphatic heterocycles. The van der Waals surface area contributed by atoms with Crippen molar-refractivity contribution in [1.29, 1.82) is 0 Å². The van der Waals surface area contributed by atoms with Gasteiger partial charge in [-0.1, -0.05) is 19.1 Å². The van der Waals surface area contributed by atoms with E-state index in [1.807, 2.05) is 13.0 Å². The predicted octanol–water partition coefficient (Wildman–Crippen LogP) is 3.74. The first-order chi connectivity index (χ1) is 14.4. The quantitative estimate of drug-likeness (QED) is 0.752. The third kappa shape index (κ3) is 5.51. The lowest BCUT2D eigenvalue weighted by atomic mass is 10.1. The van der Waals surface area contributed by atoms with E-state index in [4.69, 9.17) is 0 Å². The molecule has 1 amide bonds. The van der Waals surface area contributed by atoms with Crippen LogP contribution in [0.25, 0.3) is 0 Å². The number of carbonyl (C=O) groups is 1. The zero-order chi connectivity index (χ0) is 21.7. The first-order valence-electron chi connectivity index (χ1n) is 10.7. The van der Waals surface area contributed by atoms with Crippen LogP contribution in [0.3, 0.4) is 0 Å². The maximum atomic E-state index is 13.4. The highest BCUT2D eigenvalue weighted by molar-refractivity contribution is 5.84. The van der Waals surface area contributed by atoms with Gasteiger partial charge in [-0.2, -0.15) is 0 Å². The monoisotopic (exact) mass is 412 g/mol. The summed E-state index contributed by atoms with van der Waals surface area (Å²) in [6.07, 6.45) is 0. The highest BCUT2D eigenvalue weighted by atomic mass is 19.1. The first-order valence-corrected chi connectivity index (χ1v) is 10.7. The Morgan fingerprint density at radius 3 is 2.53 bits per heavy atom. The molecular formula is C24H33FN4O. The second-order valence-electron chi connectivity index (χ2n) is 8.11. The average Bonchev–Trinajstić information content (AvgIpc) is 2.74. The van der Waals surface area contributed by atoms with Gasteiger partial charge in [-0.15, -0.1) is 0 Å². The van der Waals surface area contributed by atoms with E-state index in [-0.39, 0.29) is 17.8 Å². The van der Waals surface area contributed by atoms with Crippen LogP contribution in [0.2, 0.25) is 0 Å². The molecule has 1 heterocycles. The van der Waals surface area contributed by atoms with Gasteiger partial charge in [0.05, 0.1) is 0 Å². The van der Waals surface area contributed by atoms with Gasteiger partial charge in [-0.3, -0.25) is 4.79 Å². The minimum absolute atomic E-state index is 0.0292. The fourth-order valence-electron chi connectivity index (χ4n) is 3.94. The zero-order valence-electron chi connectivity index (χ0n) is 18.5. The molecule has 1 unspecified atom stereocenters. The Morgan fingerprint density at radius 1 is 1.17 bits per heavy atom. The lowest BCUT2D eigenvalue weighted by molar-refractivity contribution is -0.130. The normalized spacial score (nSPS) is 15.7. The number of anilines is 2. The van der Waals surface area contributed by atoms with Gasteiger partial charge in [-0.25, -0.2) is 4.39 Å². The van der Waals surface area contributed by atoms with Gasteiger partial charge in [0.15, 0.2) is 0 Å². The number of halogens is 1. The molecule has 3 rings (SSSR count). The standard InChI is InChI=1S/C24H33FN4O/c1-5-28-11-13-29(14-12-28)22-9-10-23(18(2)15-22)26-19(3)24(30)27(4)17-20-7-6-8-21(25)16-20/h6-10,15-16,19,26H,5,11-14,17H2,1-4H3. The van der Waals surface area contributed by atoms with E-state index in [1.165, 1.54) is 17.8 Å². The van der Waals surface area contributed by atoms with Crippen LogP contribution in [0.4, 0.5) is 15.8 Å². The third-order valence-electron chi connectivity index (χ3n) is 5.82. The van der Waals surface area contributed by atoms with Gasteiger partial charge in [-0.05, 0) is 61.9 Å². The van der Waals surface area contributed by atoms with E-state index in [0.29, 0.717) is 6.54 Å². The molecule has 5 nitrogen and oxygen atoms in total. The molecule has 1 fully saturated rings. The number of piperazine rings is 1. The summed E-state index contributed by atoms with van der Waals surface area (Å²) in [4.78, 5) is 19.3. The topological polar surface area (TPSA) is 38.8 Å². The van der Waals surface area contributed by atoms with Gasteiger partial charge < -0.3 is 20.0 Å². The van der Waals surface area contributed by atoms with E-state index < -0.39 is 0 Å². The number of amides is 1. The summed E-state index contributed by atoms with van der Waals surface area (Å²) in [6.45, 7) is 11.9. The van der Waals surface area contributed by atoms with Crippen molar-refractivity contribution >= 4 is 17.3 Å². The van der Waals surface area contributed by atoms with Crippen LogP contribution in [0.1, 0.15) is 25.0 Å². The molecule has 1 saturated heterocycles. The van der Waals surface area contributed by atoms with Gasteiger partial charge >= 0.3 is 0 Å². The van der Waals surface area contributed by atoms with Gasteiger partial charge in [0.1, 0.15) is 11.9 Å². The Bertz CT molecular complexity index is 864. The van der Waals surface area contributed by atoms with Crippen LogP contribution >= 0.6 is 0 Å². The van der Waals surface area contributed by atoms with Crippen molar-refractivity contribution in [2.24, 2.45) is 0 Å². The number of carbonyl (C=O) groups excluding carboxylic acids is 1. The van der Waals surface area contributed by atoms with E-state index in [2.05, 4.69) is 47.2 Å². The molecule has 0 saturated carbocycles. The first kappa shape index (κ1) is 22.1. The van der Waals surface area contributed by atoms with Crippen molar-refractivity contribution in [2.75, 3.05) is 50.0 Å². The molecular weight excluding hydrogens is 379 g/mol. The number of nitrogens with zero attached hydrogens (tertiary/aromatic N) is 3. The summed E-state index contributed by atoms with van der Waals surface area (Å²) in [7, 11) is 1.75. The number of rotatable bonds is 7. The Kier molecular flexibility index (Phi) is 7.32. The molecule has 30 heavy (non-hydrogen) atoms. The van der Waals surface area contributed by atoms with Crippen LogP contribution in [0.15, 0.2) is 42.5 Å². The minimum atomic E-state index is -0.374. The van der Waals surface area contributed by atoms with E-state index >= 15 is 0 Å². The Morgan fingerprint density at radius 2 is 1.90 bits per heavy atom. The van der Waals surface area contributed by atoms with Gasteiger partial charge in [0.2, 0.25) is 5.91 Å². The van der Waals surface area contributed by atoms with E-state index in [1.54, 1.807) is 18.0 Å². The largest absolute Gasteiger partial charge is 0.374 e. The predicted molar refractivity (Wildman–Crippen MR) is 121 cm³/mol. The molecule has 1 atom stereocenters. The van der Waals surface area contributed by atoms with Gasteiger partial charge in [0, 0.05) is 51.1 Å². The summed E-state index contributed by atoms with van der Waals surface area (Å²) in [5.41, 5.74) is 4.10. The number of nitrogens with one attached hydrogen (secondary N) is 1. The van der Waals surface area contributed by atoms with Crippen LogP contribution in [-0.4, -0.2) is 61.5 Å². The molecule has 0 aromatic heterocycles. The van der Waals surface area contributed by atoms with E-state index in [0.717, 1.165) is 49.5 Å². The van der Waals surface area contributed by atoms with Crippen LogP contribution in [-0.2, 0) is 11.3 Å². The third-order valence-corrected chi connectivity index (χ3v) is 5.82. The number of aryl methyl sites for hydroxylation is 1. The van der Waals surface area contributed by atoms with Crippen LogP contribution in [0, 0.1) is 12.7 Å². The molecule has 2 aromatic carbocycles. The van der Waals surface area contributed by atoms with Crippen LogP contribution < -0.4 is 10.2 Å². The number of hydrogen-bond acceptors (Lipinski definition) is 4. The maximum absolute atomic E-state index is 13.4. The molecule has 162 valence electrons. The van der Waals surface area contributed by atoms with Crippen molar-refractivity contribution < 1.29 is 9.18 Å². The molecule has 0 radical (unpaired) electrons. The summed E-state index contributed by atoms with van der Waals surface area (Å²) < 4.78 is 13.4. The van der Waals surface area contributed by atoms with E-state index in [9.17, 15) is 9.18 Å². The van der Waals surface area contributed by atoms with Crippen molar-refractivity contribution in [3.05, 3.63) is 59.4 Å². The Labute approximate surface area is 179 Å².